The zero-order valence-electron chi connectivity index (χ0n) is 15.0. The highest BCUT2D eigenvalue weighted by atomic mass is 32.2. The van der Waals surface area contributed by atoms with Crippen LogP contribution in [0.15, 0.2) is 41.8 Å². The summed E-state index contributed by atoms with van der Waals surface area (Å²) in [6.45, 7) is 2.18. The van der Waals surface area contributed by atoms with Gasteiger partial charge >= 0.3 is 0 Å². The molecule has 0 spiro atoms. The van der Waals surface area contributed by atoms with Gasteiger partial charge in [0.2, 0.25) is 5.91 Å². The summed E-state index contributed by atoms with van der Waals surface area (Å²) in [4.78, 5) is 13.7. The first-order valence-corrected chi connectivity index (χ1v) is 11.8. The zero-order valence-corrected chi connectivity index (χ0v) is 16.6. The average molecular weight is 392 g/mol. The number of benzene rings is 1. The minimum atomic E-state index is -3.07. The number of amides is 1. The van der Waals surface area contributed by atoms with E-state index in [0.717, 1.165) is 16.9 Å². The summed E-state index contributed by atoms with van der Waals surface area (Å²) in [6, 6.07) is 12.1. The van der Waals surface area contributed by atoms with Gasteiger partial charge in [-0.1, -0.05) is 43.7 Å². The number of nitrogens with one attached hydrogen (secondary N) is 1. The topological polar surface area (TPSA) is 63.2 Å². The number of carbonyl (C=O) groups is 1. The van der Waals surface area contributed by atoms with Crippen molar-refractivity contribution >= 4 is 27.1 Å². The van der Waals surface area contributed by atoms with Gasteiger partial charge in [-0.2, -0.15) is 0 Å². The molecule has 1 saturated heterocycles. The summed E-state index contributed by atoms with van der Waals surface area (Å²) in [7, 11) is -3.07. The fourth-order valence-electron chi connectivity index (χ4n) is 3.29. The second kappa shape index (κ2) is 8.35. The van der Waals surface area contributed by atoms with Crippen molar-refractivity contribution in [1.82, 2.24) is 5.32 Å². The SMILES string of the molecule is CCCCc1ccc([C@@H](NC(=O)[C@H]2CCS(=O)(=O)C2)c2cccs2)cc1. The molecule has 1 N–H and O–H groups in total. The third kappa shape index (κ3) is 4.74. The largest absolute Gasteiger partial charge is 0.344 e. The molecule has 0 aliphatic carbocycles. The van der Waals surface area contributed by atoms with Crippen LogP contribution in [0, 0.1) is 5.92 Å². The number of rotatable bonds is 7. The van der Waals surface area contributed by atoms with Gasteiger partial charge in [0.15, 0.2) is 9.84 Å². The lowest BCUT2D eigenvalue weighted by Gasteiger charge is -2.20. The summed E-state index contributed by atoms with van der Waals surface area (Å²) >= 11 is 1.60. The predicted molar refractivity (Wildman–Crippen MR) is 106 cm³/mol. The van der Waals surface area contributed by atoms with Gasteiger partial charge in [-0.25, -0.2) is 8.42 Å². The van der Waals surface area contributed by atoms with Gasteiger partial charge in [0.05, 0.1) is 23.5 Å². The first-order chi connectivity index (χ1) is 12.5. The van der Waals surface area contributed by atoms with Crippen LogP contribution in [0.2, 0.25) is 0 Å². The Morgan fingerprint density at radius 3 is 2.62 bits per heavy atom. The van der Waals surface area contributed by atoms with Gasteiger partial charge in [-0.05, 0) is 41.8 Å². The van der Waals surface area contributed by atoms with Crippen LogP contribution in [0.3, 0.4) is 0 Å². The Balaban J connectivity index is 1.77. The molecule has 3 rings (SSSR count). The molecular weight excluding hydrogens is 366 g/mol. The van der Waals surface area contributed by atoms with Crippen molar-refractivity contribution in [3.8, 4) is 0 Å². The van der Waals surface area contributed by atoms with E-state index in [-0.39, 0.29) is 23.5 Å². The quantitative estimate of drug-likeness (QED) is 0.782. The molecule has 6 heteroatoms. The molecule has 1 aliphatic heterocycles. The third-order valence-electron chi connectivity index (χ3n) is 4.85. The normalized spacial score (nSPS) is 20.0. The van der Waals surface area contributed by atoms with E-state index >= 15 is 0 Å². The van der Waals surface area contributed by atoms with E-state index < -0.39 is 15.8 Å². The first kappa shape index (κ1) is 19.1. The van der Waals surface area contributed by atoms with Crippen LogP contribution in [0.4, 0.5) is 0 Å². The Kier molecular flexibility index (Phi) is 6.14. The number of sulfone groups is 1. The van der Waals surface area contributed by atoms with Crippen molar-refractivity contribution < 1.29 is 13.2 Å². The monoisotopic (exact) mass is 391 g/mol. The van der Waals surface area contributed by atoms with E-state index in [4.69, 9.17) is 0 Å². The van der Waals surface area contributed by atoms with Crippen LogP contribution in [0.25, 0.3) is 0 Å². The number of hydrogen-bond donors (Lipinski definition) is 1. The number of unbranched alkanes of at least 4 members (excludes halogenated alkanes) is 1. The molecule has 1 aromatic heterocycles. The van der Waals surface area contributed by atoms with E-state index in [2.05, 4.69) is 36.5 Å². The first-order valence-electron chi connectivity index (χ1n) is 9.11. The van der Waals surface area contributed by atoms with Gasteiger partial charge in [0.25, 0.3) is 0 Å². The predicted octanol–water partition coefficient (Wildman–Crippen LogP) is 3.73. The summed E-state index contributed by atoms with van der Waals surface area (Å²) in [6.07, 6.45) is 3.81. The smallest absolute Gasteiger partial charge is 0.224 e. The molecule has 4 nitrogen and oxygen atoms in total. The maximum atomic E-state index is 12.6. The molecule has 2 aromatic rings. The Morgan fingerprint density at radius 1 is 1.27 bits per heavy atom. The van der Waals surface area contributed by atoms with Crippen molar-refractivity contribution in [2.24, 2.45) is 5.92 Å². The van der Waals surface area contributed by atoms with E-state index in [1.807, 2.05) is 17.5 Å². The number of hydrogen-bond acceptors (Lipinski definition) is 4. The maximum absolute atomic E-state index is 12.6. The Labute approximate surface area is 159 Å². The summed E-state index contributed by atoms with van der Waals surface area (Å²) in [5.41, 5.74) is 2.33. The van der Waals surface area contributed by atoms with Crippen molar-refractivity contribution in [2.75, 3.05) is 11.5 Å². The number of thiophene rings is 1. The molecule has 1 aromatic carbocycles. The van der Waals surface area contributed by atoms with Gasteiger partial charge in [-0.15, -0.1) is 11.3 Å². The number of carbonyl (C=O) groups excluding carboxylic acids is 1. The third-order valence-corrected chi connectivity index (χ3v) is 7.55. The molecule has 1 aliphatic rings. The van der Waals surface area contributed by atoms with Crippen molar-refractivity contribution in [3.05, 3.63) is 57.8 Å². The summed E-state index contributed by atoms with van der Waals surface area (Å²) < 4.78 is 23.4. The molecule has 0 saturated carbocycles. The minimum absolute atomic E-state index is 0.0358. The fourth-order valence-corrected chi connectivity index (χ4v) is 5.84. The highest BCUT2D eigenvalue weighted by Crippen LogP contribution is 2.28. The Hall–Kier alpha value is -1.66. The Morgan fingerprint density at radius 2 is 2.04 bits per heavy atom. The Bertz CT molecular complexity index is 826. The maximum Gasteiger partial charge on any atom is 0.224 e. The van der Waals surface area contributed by atoms with E-state index in [9.17, 15) is 13.2 Å². The molecule has 0 bridgehead atoms. The van der Waals surface area contributed by atoms with Crippen molar-refractivity contribution in [3.63, 3.8) is 0 Å². The van der Waals surface area contributed by atoms with Crippen LogP contribution in [0.5, 0.6) is 0 Å². The van der Waals surface area contributed by atoms with Gasteiger partial charge < -0.3 is 5.32 Å². The van der Waals surface area contributed by atoms with Gasteiger partial charge in [0.1, 0.15) is 0 Å². The molecule has 1 amide bonds. The van der Waals surface area contributed by atoms with E-state index in [1.54, 1.807) is 11.3 Å². The minimum Gasteiger partial charge on any atom is -0.344 e. The average Bonchev–Trinajstić information content (AvgIpc) is 3.28. The van der Waals surface area contributed by atoms with Crippen LogP contribution in [-0.2, 0) is 21.1 Å². The van der Waals surface area contributed by atoms with Crippen molar-refractivity contribution in [2.45, 2.75) is 38.6 Å². The fraction of sp³-hybridized carbons (Fsp3) is 0.450. The lowest BCUT2D eigenvalue weighted by Crippen LogP contribution is -2.34. The summed E-state index contributed by atoms with van der Waals surface area (Å²) in [5.74, 6) is -0.529. The van der Waals surface area contributed by atoms with Crippen LogP contribution in [0.1, 0.15) is 48.2 Å². The van der Waals surface area contributed by atoms with E-state index in [1.165, 1.54) is 18.4 Å². The molecule has 2 atom stereocenters. The van der Waals surface area contributed by atoms with Crippen LogP contribution < -0.4 is 5.32 Å². The highest BCUT2D eigenvalue weighted by molar-refractivity contribution is 7.91. The lowest BCUT2D eigenvalue weighted by atomic mass is 10.00. The lowest BCUT2D eigenvalue weighted by molar-refractivity contribution is -0.124. The second-order valence-corrected chi connectivity index (χ2v) is 10.1. The standard InChI is InChI=1S/C20H25NO3S2/c1-2-3-5-15-7-9-16(10-8-15)19(18-6-4-12-25-18)21-20(22)17-11-13-26(23,24)14-17/h4,6-10,12,17,19H,2-3,5,11,13-14H2,1H3,(H,21,22)/t17-,19+/m0/s1. The highest BCUT2D eigenvalue weighted by Gasteiger charge is 2.34. The van der Waals surface area contributed by atoms with Gasteiger partial charge in [0, 0.05) is 4.88 Å². The van der Waals surface area contributed by atoms with E-state index in [0.29, 0.717) is 6.42 Å². The van der Waals surface area contributed by atoms with Crippen LogP contribution in [-0.4, -0.2) is 25.8 Å². The molecular formula is C20H25NO3S2. The van der Waals surface area contributed by atoms with Crippen LogP contribution >= 0.6 is 11.3 Å². The molecule has 26 heavy (non-hydrogen) atoms. The second-order valence-electron chi connectivity index (χ2n) is 6.90. The molecule has 140 valence electrons. The molecule has 2 heterocycles. The molecule has 0 radical (unpaired) electrons. The molecule has 0 unspecified atom stereocenters. The van der Waals surface area contributed by atoms with Gasteiger partial charge in [-0.3, -0.25) is 4.79 Å². The van der Waals surface area contributed by atoms with Crippen molar-refractivity contribution in [1.29, 1.82) is 0 Å². The number of aryl methyl sites for hydroxylation is 1. The molecule has 1 fully saturated rings. The summed E-state index contributed by atoms with van der Waals surface area (Å²) in [5, 5.41) is 5.08. The zero-order chi connectivity index (χ0) is 18.6.